The minimum absolute atomic E-state index is 0.132. The van der Waals surface area contributed by atoms with Gasteiger partial charge in [0.2, 0.25) is 5.91 Å². The van der Waals surface area contributed by atoms with Gasteiger partial charge in [-0.3, -0.25) is 14.4 Å². The molecule has 32 heavy (non-hydrogen) atoms. The van der Waals surface area contributed by atoms with Crippen molar-refractivity contribution in [3.8, 4) is 0 Å². The molecule has 1 amide bonds. The second kappa shape index (κ2) is 9.27. The first kappa shape index (κ1) is 23.7. The number of aryl methyl sites for hydroxylation is 1. The first-order chi connectivity index (χ1) is 15.0. The first-order valence-electron chi connectivity index (χ1n) is 10.0. The molecule has 2 saturated heterocycles. The molecule has 0 aliphatic carbocycles. The molecule has 1 aromatic carbocycles. The normalized spacial score (nSPS) is 20.5. The number of halogens is 4. The van der Waals surface area contributed by atoms with Crippen molar-refractivity contribution in [3.05, 3.63) is 53.6 Å². The number of carboxylic acids is 1. The highest BCUT2D eigenvalue weighted by molar-refractivity contribution is 5.81. The quantitative estimate of drug-likeness (QED) is 0.694. The number of piperidine rings is 1. The van der Waals surface area contributed by atoms with Crippen molar-refractivity contribution in [2.75, 3.05) is 13.1 Å². The second-order valence-electron chi connectivity index (χ2n) is 8.12. The van der Waals surface area contributed by atoms with Gasteiger partial charge in [-0.15, -0.1) is 0 Å². The van der Waals surface area contributed by atoms with E-state index in [2.05, 4.69) is 15.3 Å². The van der Waals surface area contributed by atoms with E-state index in [1.54, 1.807) is 16.8 Å². The Morgan fingerprint density at radius 3 is 2.50 bits per heavy atom. The third kappa shape index (κ3) is 5.64. The molecule has 2 N–H and O–H groups in total. The van der Waals surface area contributed by atoms with Crippen molar-refractivity contribution in [1.82, 2.24) is 20.0 Å². The van der Waals surface area contributed by atoms with Gasteiger partial charge in [0.25, 0.3) is 0 Å². The Hall–Kier alpha value is -2.95. The van der Waals surface area contributed by atoms with Crippen molar-refractivity contribution in [2.45, 2.75) is 43.4 Å². The van der Waals surface area contributed by atoms with Crippen molar-refractivity contribution < 1.29 is 32.3 Å². The molecule has 11 heteroatoms. The fraction of sp³-hybridized carbons (Fsp3) is 0.476. The summed E-state index contributed by atoms with van der Waals surface area (Å²) in [4.78, 5) is 23.4. The van der Waals surface area contributed by atoms with Gasteiger partial charge in [-0.25, -0.2) is 9.18 Å². The summed E-state index contributed by atoms with van der Waals surface area (Å²) in [6.07, 6.45) is 1.18. The molecule has 0 bridgehead atoms. The molecule has 4 rings (SSSR count). The molecule has 7 nitrogen and oxygen atoms in total. The topological polar surface area (TPSA) is 87.5 Å². The number of rotatable bonds is 3. The molecule has 2 aromatic rings. The van der Waals surface area contributed by atoms with Crippen LogP contribution in [-0.2, 0) is 23.2 Å². The average Bonchev–Trinajstić information content (AvgIpc) is 3.26. The molecule has 0 saturated carbocycles. The van der Waals surface area contributed by atoms with Crippen molar-refractivity contribution in [1.29, 1.82) is 0 Å². The molecule has 1 unspecified atom stereocenters. The molecule has 0 radical (unpaired) electrons. The number of hydrogen-bond donors (Lipinski definition) is 2. The highest BCUT2D eigenvalue weighted by atomic mass is 19.4. The third-order valence-electron chi connectivity index (χ3n) is 5.86. The number of amides is 1. The summed E-state index contributed by atoms with van der Waals surface area (Å²) >= 11 is 0. The summed E-state index contributed by atoms with van der Waals surface area (Å²) in [5.41, 5.74) is 1.97. The number of aliphatic carboxylic acids is 1. The Labute approximate surface area is 182 Å². The van der Waals surface area contributed by atoms with Crippen LogP contribution in [0.4, 0.5) is 17.6 Å². The van der Waals surface area contributed by atoms with Gasteiger partial charge >= 0.3 is 12.1 Å². The monoisotopic (exact) mass is 456 g/mol. The Kier molecular flexibility index (Phi) is 6.87. The van der Waals surface area contributed by atoms with E-state index in [-0.39, 0.29) is 23.2 Å². The van der Waals surface area contributed by atoms with E-state index in [1.165, 1.54) is 6.07 Å². The van der Waals surface area contributed by atoms with Gasteiger partial charge in [0.1, 0.15) is 5.82 Å². The van der Waals surface area contributed by atoms with E-state index >= 15 is 0 Å². The van der Waals surface area contributed by atoms with E-state index in [0.29, 0.717) is 6.42 Å². The van der Waals surface area contributed by atoms with E-state index in [0.717, 1.165) is 43.6 Å². The summed E-state index contributed by atoms with van der Waals surface area (Å²) < 4.78 is 46.9. The highest BCUT2D eigenvalue weighted by Gasteiger charge is 2.49. The highest BCUT2D eigenvalue weighted by Crippen LogP contribution is 2.43. The van der Waals surface area contributed by atoms with Gasteiger partial charge < -0.3 is 10.4 Å². The van der Waals surface area contributed by atoms with Crippen LogP contribution in [0, 0.1) is 5.82 Å². The number of carboxylic acid groups (broad SMARTS) is 1. The summed E-state index contributed by atoms with van der Waals surface area (Å²) in [7, 11) is 1.90. The zero-order chi connectivity index (χ0) is 23.5. The van der Waals surface area contributed by atoms with Gasteiger partial charge in [0, 0.05) is 50.8 Å². The van der Waals surface area contributed by atoms with Crippen LogP contribution in [0.25, 0.3) is 0 Å². The minimum atomic E-state index is -5.08. The van der Waals surface area contributed by atoms with Crippen LogP contribution < -0.4 is 5.32 Å². The van der Waals surface area contributed by atoms with Gasteiger partial charge in [-0.1, -0.05) is 12.1 Å². The number of benzene rings is 1. The zero-order valence-electron chi connectivity index (χ0n) is 17.4. The molecule has 1 spiro atoms. The van der Waals surface area contributed by atoms with Crippen LogP contribution in [0.15, 0.2) is 36.7 Å². The Bertz CT molecular complexity index is 968. The number of alkyl halides is 3. The van der Waals surface area contributed by atoms with Crippen LogP contribution in [0.3, 0.4) is 0 Å². The number of aromatic nitrogens is 2. The fourth-order valence-corrected chi connectivity index (χ4v) is 4.33. The van der Waals surface area contributed by atoms with Crippen LogP contribution in [-0.4, -0.2) is 56.5 Å². The number of hydrogen-bond acceptors (Lipinski definition) is 4. The molecule has 1 atom stereocenters. The predicted molar refractivity (Wildman–Crippen MR) is 106 cm³/mol. The van der Waals surface area contributed by atoms with Crippen LogP contribution >= 0.6 is 0 Å². The molecule has 2 fully saturated rings. The molecule has 2 aliphatic rings. The Balaban J connectivity index is 0.000000360. The predicted octanol–water partition coefficient (Wildman–Crippen LogP) is 2.83. The molecular formula is C21H24F4N4O3. The van der Waals surface area contributed by atoms with Crippen molar-refractivity contribution in [3.63, 3.8) is 0 Å². The molecule has 2 aliphatic heterocycles. The van der Waals surface area contributed by atoms with Crippen LogP contribution in [0.5, 0.6) is 0 Å². The lowest BCUT2D eigenvalue weighted by Gasteiger charge is -2.42. The van der Waals surface area contributed by atoms with Crippen LogP contribution in [0.1, 0.15) is 36.3 Å². The average molecular weight is 456 g/mol. The van der Waals surface area contributed by atoms with Crippen molar-refractivity contribution in [2.24, 2.45) is 7.05 Å². The number of nitrogens with zero attached hydrogens (tertiary/aromatic N) is 3. The molecular weight excluding hydrogens is 432 g/mol. The largest absolute Gasteiger partial charge is 0.490 e. The van der Waals surface area contributed by atoms with Crippen molar-refractivity contribution >= 4 is 11.9 Å². The lowest BCUT2D eigenvalue weighted by Crippen LogP contribution is -2.53. The fourth-order valence-electron chi connectivity index (χ4n) is 4.33. The number of carbonyl (C=O) groups is 2. The lowest BCUT2D eigenvalue weighted by atomic mass is 9.75. The summed E-state index contributed by atoms with van der Waals surface area (Å²) in [5, 5.41) is 14.7. The Morgan fingerprint density at radius 1 is 1.31 bits per heavy atom. The molecule has 174 valence electrons. The summed E-state index contributed by atoms with van der Waals surface area (Å²) in [6, 6.07) is 6.79. The summed E-state index contributed by atoms with van der Waals surface area (Å²) in [6.45, 7) is 2.54. The number of carbonyl (C=O) groups excluding carboxylic acids is 1. The Morgan fingerprint density at radius 2 is 1.97 bits per heavy atom. The van der Waals surface area contributed by atoms with E-state index in [9.17, 15) is 22.4 Å². The van der Waals surface area contributed by atoms with Gasteiger partial charge in [0.05, 0.1) is 6.20 Å². The number of nitrogens with one attached hydrogen (secondary N) is 1. The van der Waals surface area contributed by atoms with E-state index in [1.807, 2.05) is 25.5 Å². The third-order valence-corrected chi connectivity index (χ3v) is 5.86. The maximum atomic E-state index is 13.4. The summed E-state index contributed by atoms with van der Waals surface area (Å²) in [5.74, 6) is -2.63. The maximum absolute atomic E-state index is 13.4. The van der Waals surface area contributed by atoms with E-state index in [4.69, 9.17) is 9.90 Å². The smallest absolute Gasteiger partial charge is 0.475 e. The first-order valence-corrected chi connectivity index (χ1v) is 10.0. The lowest BCUT2D eigenvalue weighted by molar-refractivity contribution is -0.192. The molecule has 1 aromatic heterocycles. The minimum Gasteiger partial charge on any atom is -0.475 e. The molecule has 3 heterocycles. The second-order valence-corrected chi connectivity index (χ2v) is 8.12. The van der Waals surface area contributed by atoms with Gasteiger partial charge in [-0.05, 0) is 36.1 Å². The van der Waals surface area contributed by atoms with Gasteiger partial charge in [0.15, 0.2) is 0 Å². The van der Waals surface area contributed by atoms with Crippen LogP contribution in [0.2, 0.25) is 0 Å². The SMILES string of the molecule is Cn1cc(C2CC(=O)NC23CCN(Cc2cccc(F)c2)CC3)cn1.O=C(O)C(F)(F)F. The zero-order valence-corrected chi connectivity index (χ0v) is 17.4. The van der Waals surface area contributed by atoms with E-state index < -0.39 is 12.1 Å². The standard InChI is InChI=1S/C19H23FN4O.C2HF3O2/c1-23-13-15(11-21-23)17-10-18(25)22-19(17)5-7-24(8-6-19)12-14-3-2-4-16(20)9-14;3-2(4,5)1(6)7/h2-4,9,11,13,17H,5-8,10,12H2,1H3,(H,22,25);(H,6,7). The van der Waals surface area contributed by atoms with Gasteiger partial charge in [-0.2, -0.15) is 18.3 Å². The maximum Gasteiger partial charge on any atom is 0.490 e. The number of likely N-dealkylation sites (tertiary alicyclic amines) is 1.